The van der Waals surface area contributed by atoms with Crippen molar-refractivity contribution in [2.24, 2.45) is 7.05 Å². The summed E-state index contributed by atoms with van der Waals surface area (Å²) in [6.07, 6.45) is 5.51. The van der Waals surface area contributed by atoms with Crippen LogP contribution in [-0.4, -0.2) is 39.8 Å². The molecule has 1 amide bonds. The van der Waals surface area contributed by atoms with Crippen LogP contribution >= 0.6 is 0 Å². The topological polar surface area (TPSA) is 85.3 Å². The molecule has 0 bridgehead atoms. The molecule has 0 saturated carbocycles. The summed E-state index contributed by atoms with van der Waals surface area (Å²) in [5, 5.41) is 18.5. The third-order valence-corrected chi connectivity index (χ3v) is 8.27. The number of nitrogens with one attached hydrogen (secondary N) is 3. The van der Waals surface area contributed by atoms with Gasteiger partial charge in [0.15, 0.2) is 0 Å². The molecule has 1 aliphatic heterocycles. The molecular formula is C35H33N5O2. The van der Waals surface area contributed by atoms with E-state index in [1.807, 2.05) is 72.5 Å². The predicted molar refractivity (Wildman–Crippen MR) is 172 cm³/mol. The van der Waals surface area contributed by atoms with E-state index >= 15 is 0 Å². The number of rotatable bonds is 6. The molecule has 4 N–H and O–H groups in total. The van der Waals surface area contributed by atoms with E-state index in [-0.39, 0.29) is 12.0 Å². The van der Waals surface area contributed by atoms with Crippen LogP contribution in [0.4, 0.5) is 22.7 Å². The average molecular weight is 556 g/mol. The van der Waals surface area contributed by atoms with Crippen LogP contribution in [0.1, 0.15) is 23.2 Å². The molecular weight excluding hydrogens is 522 g/mol. The fraction of sp³-hybridized carbons (Fsp3) is 0.171. The van der Waals surface area contributed by atoms with Gasteiger partial charge in [-0.2, -0.15) is 0 Å². The van der Waals surface area contributed by atoms with Crippen LogP contribution in [0.15, 0.2) is 103 Å². The maximum absolute atomic E-state index is 12.9. The summed E-state index contributed by atoms with van der Waals surface area (Å²) in [6.45, 7) is 1.78. The van der Waals surface area contributed by atoms with Gasteiger partial charge in [0.1, 0.15) is 0 Å². The van der Waals surface area contributed by atoms with E-state index in [0.29, 0.717) is 5.56 Å². The molecule has 1 fully saturated rings. The second kappa shape index (κ2) is 10.8. The summed E-state index contributed by atoms with van der Waals surface area (Å²) in [5.74, 6) is -0.124. The van der Waals surface area contributed by atoms with Crippen molar-refractivity contribution in [2.75, 3.05) is 28.6 Å². The molecule has 0 radical (unpaired) electrons. The predicted octanol–water partition coefficient (Wildman–Crippen LogP) is 7.28. The molecule has 0 atom stereocenters. The molecule has 7 rings (SSSR count). The first-order chi connectivity index (χ1) is 20.5. The highest BCUT2D eigenvalue weighted by Gasteiger charge is 2.17. The Kier molecular flexibility index (Phi) is 6.64. The number of aliphatic hydroxyl groups is 1. The molecule has 4 aromatic carbocycles. The molecule has 0 unspecified atom stereocenters. The van der Waals surface area contributed by atoms with Gasteiger partial charge in [-0.15, -0.1) is 0 Å². The lowest BCUT2D eigenvalue weighted by atomic mass is 10.0. The molecule has 0 aliphatic carbocycles. The number of carbonyl (C=O) groups excluding carboxylic acids is 1. The van der Waals surface area contributed by atoms with Crippen molar-refractivity contribution in [3.8, 4) is 11.1 Å². The fourth-order valence-corrected chi connectivity index (χ4v) is 5.85. The van der Waals surface area contributed by atoms with Gasteiger partial charge < -0.3 is 30.2 Å². The lowest BCUT2D eigenvalue weighted by Gasteiger charge is -2.31. The maximum Gasteiger partial charge on any atom is 0.255 e. The third-order valence-electron chi connectivity index (χ3n) is 8.27. The van der Waals surface area contributed by atoms with E-state index in [1.165, 1.54) is 5.69 Å². The van der Waals surface area contributed by atoms with Gasteiger partial charge in [0.2, 0.25) is 0 Å². The molecule has 2 aromatic heterocycles. The largest absolute Gasteiger partial charge is 0.393 e. The van der Waals surface area contributed by atoms with Crippen LogP contribution in [0, 0.1) is 0 Å². The summed E-state index contributed by atoms with van der Waals surface area (Å²) in [4.78, 5) is 18.6. The van der Waals surface area contributed by atoms with Crippen LogP contribution in [-0.2, 0) is 7.05 Å². The molecule has 7 heteroatoms. The Morgan fingerprint density at radius 3 is 2.38 bits per heavy atom. The summed E-state index contributed by atoms with van der Waals surface area (Å²) >= 11 is 0. The number of aromatic nitrogens is 2. The molecule has 7 nitrogen and oxygen atoms in total. The lowest BCUT2D eigenvalue weighted by molar-refractivity contribution is 0.102. The molecule has 210 valence electrons. The molecule has 3 heterocycles. The number of piperidine rings is 1. The summed E-state index contributed by atoms with van der Waals surface area (Å²) < 4.78 is 2.04. The number of aryl methyl sites for hydroxylation is 1. The van der Waals surface area contributed by atoms with E-state index < -0.39 is 0 Å². The molecule has 42 heavy (non-hydrogen) atoms. The standard InChI is InChI=1S/C35H33N5O2/c1-39-17-14-24-20-25(4-13-34(24)39)35(42)38-27-5-2-23(3-6-27)32-22-36-33-21-28(9-12-31(32)33)37-26-7-10-29(11-8-26)40-18-15-30(41)16-19-40/h2-14,17,20-22,30,36-37,41H,15-16,18-19H2,1H3,(H,38,42). The quantitative estimate of drug-likeness (QED) is 0.174. The first-order valence-electron chi connectivity index (χ1n) is 14.4. The molecule has 1 aliphatic rings. The van der Waals surface area contributed by atoms with Crippen LogP contribution in [0.5, 0.6) is 0 Å². The first-order valence-corrected chi connectivity index (χ1v) is 14.4. The van der Waals surface area contributed by atoms with Gasteiger partial charge in [-0.25, -0.2) is 0 Å². The maximum atomic E-state index is 12.9. The highest BCUT2D eigenvalue weighted by atomic mass is 16.3. The summed E-state index contributed by atoms with van der Waals surface area (Å²) in [6, 6.07) is 30.6. The van der Waals surface area contributed by atoms with Crippen molar-refractivity contribution >= 4 is 50.5 Å². The summed E-state index contributed by atoms with van der Waals surface area (Å²) in [5.41, 5.74) is 8.96. The Bertz CT molecular complexity index is 1880. The normalized spacial score (nSPS) is 14.0. The van der Waals surface area contributed by atoms with Crippen LogP contribution in [0.2, 0.25) is 0 Å². The van der Waals surface area contributed by atoms with Gasteiger partial charge in [0.05, 0.1) is 6.10 Å². The SMILES string of the molecule is Cn1ccc2cc(C(=O)Nc3ccc(-c4c[nH]c5cc(Nc6ccc(N7CCC(O)CC7)cc6)ccc45)cc3)ccc21. The first kappa shape index (κ1) is 25.9. The van der Waals surface area contributed by atoms with Gasteiger partial charge in [-0.1, -0.05) is 18.2 Å². The zero-order chi connectivity index (χ0) is 28.6. The van der Waals surface area contributed by atoms with Gasteiger partial charge in [0, 0.05) is 88.2 Å². The Labute approximate surface area is 244 Å². The number of H-pyrrole nitrogens is 1. The lowest BCUT2D eigenvalue weighted by Crippen LogP contribution is -2.35. The number of hydrogen-bond acceptors (Lipinski definition) is 4. The Balaban J connectivity index is 1.02. The second-order valence-corrected chi connectivity index (χ2v) is 11.1. The number of aliphatic hydroxyl groups excluding tert-OH is 1. The zero-order valence-corrected chi connectivity index (χ0v) is 23.5. The number of nitrogens with zero attached hydrogens (tertiary/aromatic N) is 2. The van der Waals surface area contributed by atoms with Gasteiger partial charge in [-0.3, -0.25) is 4.79 Å². The van der Waals surface area contributed by atoms with Gasteiger partial charge in [-0.05, 0) is 91.2 Å². The van der Waals surface area contributed by atoms with Gasteiger partial charge >= 0.3 is 0 Å². The van der Waals surface area contributed by atoms with E-state index in [1.54, 1.807) is 0 Å². The van der Waals surface area contributed by atoms with Crippen molar-refractivity contribution in [2.45, 2.75) is 18.9 Å². The fourth-order valence-electron chi connectivity index (χ4n) is 5.85. The van der Waals surface area contributed by atoms with Crippen LogP contribution in [0.3, 0.4) is 0 Å². The Hall–Kier alpha value is -5.01. The minimum Gasteiger partial charge on any atom is -0.393 e. The number of anilines is 4. The van der Waals surface area contributed by atoms with Crippen molar-refractivity contribution in [3.05, 3.63) is 109 Å². The monoisotopic (exact) mass is 555 g/mol. The van der Waals surface area contributed by atoms with E-state index in [0.717, 1.165) is 75.9 Å². The number of fused-ring (bicyclic) bond motifs is 2. The number of amides is 1. The minimum atomic E-state index is -0.167. The number of aromatic amines is 1. The second-order valence-electron chi connectivity index (χ2n) is 11.1. The average Bonchev–Trinajstić information content (AvgIpc) is 3.61. The van der Waals surface area contributed by atoms with E-state index in [2.05, 4.69) is 63.0 Å². The number of carbonyl (C=O) groups is 1. The van der Waals surface area contributed by atoms with Crippen molar-refractivity contribution in [1.82, 2.24) is 9.55 Å². The Morgan fingerprint density at radius 1 is 0.857 bits per heavy atom. The van der Waals surface area contributed by atoms with E-state index in [9.17, 15) is 9.90 Å². The van der Waals surface area contributed by atoms with Crippen LogP contribution in [0.25, 0.3) is 32.9 Å². The smallest absolute Gasteiger partial charge is 0.255 e. The highest BCUT2D eigenvalue weighted by molar-refractivity contribution is 6.06. The molecule has 0 spiro atoms. The van der Waals surface area contributed by atoms with Crippen molar-refractivity contribution < 1.29 is 9.90 Å². The third kappa shape index (κ3) is 5.10. The number of hydrogen-bond donors (Lipinski definition) is 4. The van der Waals surface area contributed by atoms with Crippen LogP contribution < -0.4 is 15.5 Å². The molecule has 1 saturated heterocycles. The van der Waals surface area contributed by atoms with E-state index in [4.69, 9.17) is 0 Å². The van der Waals surface area contributed by atoms with Crippen molar-refractivity contribution in [1.29, 1.82) is 0 Å². The van der Waals surface area contributed by atoms with Crippen molar-refractivity contribution in [3.63, 3.8) is 0 Å². The highest BCUT2D eigenvalue weighted by Crippen LogP contribution is 2.32. The van der Waals surface area contributed by atoms with Gasteiger partial charge in [0.25, 0.3) is 5.91 Å². The zero-order valence-electron chi connectivity index (χ0n) is 23.5. The summed E-state index contributed by atoms with van der Waals surface area (Å²) in [7, 11) is 2.00. The Morgan fingerprint density at radius 2 is 1.60 bits per heavy atom. The molecule has 6 aromatic rings. The number of benzene rings is 4. The minimum absolute atomic E-state index is 0.124.